The van der Waals surface area contributed by atoms with Crippen molar-refractivity contribution >= 4 is 5.78 Å². The van der Waals surface area contributed by atoms with E-state index in [1.807, 2.05) is 17.8 Å². The molecule has 1 fully saturated rings. The van der Waals surface area contributed by atoms with Crippen LogP contribution in [0.15, 0.2) is 12.5 Å². The molecule has 0 atom stereocenters. The fourth-order valence-electron chi connectivity index (χ4n) is 1.57. The van der Waals surface area contributed by atoms with E-state index in [2.05, 4.69) is 4.98 Å². The lowest BCUT2D eigenvalue weighted by molar-refractivity contribution is -0.119. The van der Waals surface area contributed by atoms with Crippen LogP contribution in [-0.2, 0) is 17.3 Å². The van der Waals surface area contributed by atoms with Crippen LogP contribution in [0.5, 0.6) is 0 Å². The second-order valence-electron chi connectivity index (χ2n) is 3.56. The molecular weight excluding hydrogens is 152 g/mol. The number of imidazole rings is 1. The smallest absolute Gasteiger partial charge is 0.141 e. The molecule has 0 saturated heterocycles. The summed E-state index contributed by atoms with van der Waals surface area (Å²) in [4.78, 5) is 15.5. The third kappa shape index (κ3) is 0.891. The lowest BCUT2D eigenvalue weighted by atomic mass is 9.99. The van der Waals surface area contributed by atoms with Gasteiger partial charge in [-0.2, -0.15) is 0 Å². The molecule has 0 aromatic carbocycles. The Hall–Kier alpha value is -1.12. The lowest BCUT2D eigenvalue weighted by Gasteiger charge is -2.05. The fourth-order valence-corrected chi connectivity index (χ4v) is 1.57. The number of Topliss-reactive ketones (excluding diaryl/α,β-unsaturated/α-hetero) is 1. The van der Waals surface area contributed by atoms with Gasteiger partial charge in [-0.3, -0.25) is 4.79 Å². The Kier molecular flexibility index (Phi) is 1.37. The van der Waals surface area contributed by atoms with Gasteiger partial charge in [0.25, 0.3) is 0 Å². The summed E-state index contributed by atoms with van der Waals surface area (Å²) in [5.74, 6) is 0.251. The van der Waals surface area contributed by atoms with Crippen molar-refractivity contribution in [3.05, 3.63) is 18.2 Å². The van der Waals surface area contributed by atoms with Crippen LogP contribution < -0.4 is 0 Å². The predicted octanol–water partition coefficient (Wildman–Crippen LogP) is 1.04. The zero-order valence-electron chi connectivity index (χ0n) is 7.37. The molecule has 1 aliphatic rings. The molecule has 1 aromatic rings. The molecule has 3 heteroatoms. The molecule has 2 rings (SSSR count). The summed E-state index contributed by atoms with van der Waals surface area (Å²) in [6, 6.07) is 0. The normalized spacial score (nSPS) is 19.2. The van der Waals surface area contributed by atoms with E-state index in [0.29, 0.717) is 0 Å². The van der Waals surface area contributed by atoms with Crippen molar-refractivity contribution in [1.82, 2.24) is 9.55 Å². The number of carbonyl (C=O) groups excluding carboxylic acids is 1. The minimum absolute atomic E-state index is 0.207. The highest BCUT2D eigenvalue weighted by molar-refractivity contribution is 5.90. The van der Waals surface area contributed by atoms with Crippen molar-refractivity contribution < 1.29 is 4.79 Å². The standard InChI is InChI=1S/C9H12N2O/c1-7(12)9(3-4-9)8-5-11(2)6-10-8/h5-6H,3-4H2,1-2H3. The Bertz CT molecular complexity index is 323. The van der Waals surface area contributed by atoms with Crippen LogP contribution in [0.4, 0.5) is 0 Å². The molecule has 1 saturated carbocycles. The van der Waals surface area contributed by atoms with E-state index in [9.17, 15) is 4.79 Å². The van der Waals surface area contributed by atoms with Crippen molar-refractivity contribution in [3.8, 4) is 0 Å². The predicted molar refractivity (Wildman–Crippen MR) is 44.8 cm³/mol. The van der Waals surface area contributed by atoms with Crippen LogP contribution in [0.25, 0.3) is 0 Å². The summed E-state index contributed by atoms with van der Waals surface area (Å²) < 4.78 is 1.89. The van der Waals surface area contributed by atoms with Gasteiger partial charge in [0.2, 0.25) is 0 Å². The molecule has 0 bridgehead atoms. The molecule has 12 heavy (non-hydrogen) atoms. The molecule has 0 amide bonds. The Balaban J connectivity index is 2.36. The Morgan fingerprint density at radius 1 is 1.67 bits per heavy atom. The van der Waals surface area contributed by atoms with E-state index in [4.69, 9.17) is 0 Å². The van der Waals surface area contributed by atoms with Crippen LogP contribution in [-0.4, -0.2) is 15.3 Å². The third-order valence-electron chi connectivity index (χ3n) is 2.62. The van der Waals surface area contributed by atoms with Gasteiger partial charge in [-0.25, -0.2) is 4.98 Å². The second-order valence-corrected chi connectivity index (χ2v) is 3.56. The maximum Gasteiger partial charge on any atom is 0.141 e. The van der Waals surface area contributed by atoms with Crippen LogP contribution in [0.2, 0.25) is 0 Å². The SMILES string of the molecule is CC(=O)C1(c2cn(C)cn2)CC1. The first kappa shape index (κ1) is 7.53. The maximum absolute atomic E-state index is 11.3. The summed E-state index contributed by atoms with van der Waals surface area (Å²) in [5, 5.41) is 0. The molecule has 1 heterocycles. The number of ketones is 1. The molecule has 3 nitrogen and oxygen atoms in total. The summed E-state index contributed by atoms with van der Waals surface area (Å²) in [6.45, 7) is 1.65. The van der Waals surface area contributed by atoms with E-state index < -0.39 is 0 Å². The highest BCUT2D eigenvalue weighted by atomic mass is 16.1. The van der Waals surface area contributed by atoms with Gasteiger partial charge in [-0.1, -0.05) is 0 Å². The Labute approximate surface area is 71.4 Å². The molecule has 0 aliphatic heterocycles. The molecule has 1 aromatic heterocycles. The summed E-state index contributed by atoms with van der Waals surface area (Å²) in [7, 11) is 1.92. The second kappa shape index (κ2) is 2.19. The van der Waals surface area contributed by atoms with E-state index in [1.54, 1.807) is 13.3 Å². The average Bonchev–Trinajstić information content (AvgIpc) is 2.71. The van der Waals surface area contributed by atoms with Gasteiger partial charge < -0.3 is 4.57 Å². The van der Waals surface area contributed by atoms with Gasteiger partial charge in [-0.15, -0.1) is 0 Å². The molecule has 0 unspecified atom stereocenters. The topological polar surface area (TPSA) is 34.9 Å². The zero-order chi connectivity index (χ0) is 8.77. The largest absolute Gasteiger partial charge is 0.340 e. The number of rotatable bonds is 2. The van der Waals surface area contributed by atoms with Crippen molar-refractivity contribution in [2.45, 2.75) is 25.2 Å². The molecule has 1 aliphatic carbocycles. The first-order valence-corrected chi connectivity index (χ1v) is 4.15. The van der Waals surface area contributed by atoms with Gasteiger partial charge in [0.05, 0.1) is 17.4 Å². The highest BCUT2D eigenvalue weighted by Crippen LogP contribution is 2.47. The van der Waals surface area contributed by atoms with Crippen LogP contribution in [0, 0.1) is 0 Å². The van der Waals surface area contributed by atoms with E-state index in [0.717, 1.165) is 18.5 Å². The minimum Gasteiger partial charge on any atom is -0.340 e. The quantitative estimate of drug-likeness (QED) is 0.654. The number of aromatic nitrogens is 2. The van der Waals surface area contributed by atoms with Crippen molar-refractivity contribution in [3.63, 3.8) is 0 Å². The fraction of sp³-hybridized carbons (Fsp3) is 0.556. The Morgan fingerprint density at radius 2 is 2.33 bits per heavy atom. The van der Waals surface area contributed by atoms with E-state index in [-0.39, 0.29) is 11.2 Å². The van der Waals surface area contributed by atoms with Crippen molar-refractivity contribution in [2.75, 3.05) is 0 Å². The summed E-state index contributed by atoms with van der Waals surface area (Å²) >= 11 is 0. The van der Waals surface area contributed by atoms with Gasteiger partial charge in [0.15, 0.2) is 0 Å². The van der Waals surface area contributed by atoms with Crippen LogP contribution in [0.3, 0.4) is 0 Å². The first-order valence-electron chi connectivity index (χ1n) is 4.15. The summed E-state index contributed by atoms with van der Waals surface area (Å²) in [6.07, 6.45) is 5.63. The molecule has 64 valence electrons. The maximum atomic E-state index is 11.3. The van der Waals surface area contributed by atoms with E-state index >= 15 is 0 Å². The molecule has 0 radical (unpaired) electrons. The minimum atomic E-state index is -0.207. The number of aryl methyl sites for hydroxylation is 1. The monoisotopic (exact) mass is 164 g/mol. The van der Waals surface area contributed by atoms with Crippen LogP contribution >= 0.6 is 0 Å². The first-order chi connectivity index (χ1) is 5.65. The van der Waals surface area contributed by atoms with Crippen molar-refractivity contribution in [2.24, 2.45) is 7.05 Å². The van der Waals surface area contributed by atoms with Crippen LogP contribution in [0.1, 0.15) is 25.5 Å². The lowest BCUT2D eigenvalue weighted by Crippen LogP contribution is -2.17. The Morgan fingerprint density at radius 3 is 2.67 bits per heavy atom. The van der Waals surface area contributed by atoms with Gasteiger partial charge in [-0.05, 0) is 19.8 Å². The molecule has 0 spiro atoms. The van der Waals surface area contributed by atoms with Crippen molar-refractivity contribution in [1.29, 1.82) is 0 Å². The number of nitrogens with zero attached hydrogens (tertiary/aromatic N) is 2. The molecule has 0 N–H and O–H groups in total. The molecular formula is C9H12N2O. The van der Waals surface area contributed by atoms with Gasteiger partial charge in [0.1, 0.15) is 5.78 Å². The van der Waals surface area contributed by atoms with Gasteiger partial charge in [0, 0.05) is 13.2 Å². The third-order valence-corrected chi connectivity index (χ3v) is 2.62. The summed E-state index contributed by atoms with van der Waals surface area (Å²) in [5.41, 5.74) is 0.735. The highest BCUT2D eigenvalue weighted by Gasteiger charge is 2.50. The number of hydrogen-bond donors (Lipinski definition) is 0. The number of carbonyl (C=O) groups is 1. The average molecular weight is 164 g/mol. The number of hydrogen-bond acceptors (Lipinski definition) is 2. The van der Waals surface area contributed by atoms with Gasteiger partial charge >= 0.3 is 0 Å². The zero-order valence-corrected chi connectivity index (χ0v) is 7.37. The van der Waals surface area contributed by atoms with E-state index in [1.165, 1.54) is 0 Å².